The van der Waals surface area contributed by atoms with E-state index in [1.807, 2.05) is 13.0 Å². The first-order valence-corrected chi connectivity index (χ1v) is 6.60. The van der Waals surface area contributed by atoms with Crippen molar-refractivity contribution in [2.24, 2.45) is 0 Å². The van der Waals surface area contributed by atoms with E-state index in [-0.39, 0.29) is 11.3 Å². The monoisotopic (exact) mass is 316 g/mol. The Kier molecular flexibility index (Phi) is 4.34. The number of hydrogen-bond donors (Lipinski definition) is 2. The summed E-state index contributed by atoms with van der Waals surface area (Å²) in [5, 5.41) is 4.43. The van der Waals surface area contributed by atoms with Gasteiger partial charge < -0.3 is 11.1 Å². The Morgan fingerprint density at radius 3 is 2.68 bits per heavy atom. The van der Waals surface area contributed by atoms with Crippen molar-refractivity contribution < 1.29 is 0 Å². The van der Waals surface area contributed by atoms with Crippen molar-refractivity contribution in [3.8, 4) is 0 Å². The molecule has 3 N–H and O–H groups in total. The largest absolute Gasteiger partial charge is 0.394 e. The van der Waals surface area contributed by atoms with E-state index < -0.39 is 0 Å². The van der Waals surface area contributed by atoms with E-state index in [0.717, 1.165) is 5.56 Å². The molecule has 0 radical (unpaired) electrons. The number of nitrogens with one attached hydrogen (secondary N) is 1. The van der Waals surface area contributed by atoms with Gasteiger partial charge in [-0.05, 0) is 36.2 Å². The molecule has 1 heterocycles. The average Bonchev–Trinajstić information content (AvgIpc) is 2.33. The first kappa shape index (κ1) is 14.2. The minimum absolute atomic E-state index is 0.0990. The van der Waals surface area contributed by atoms with Gasteiger partial charge in [-0.1, -0.05) is 29.3 Å². The molecule has 7 heteroatoms. The highest BCUT2D eigenvalue weighted by Crippen LogP contribution is 2.29. The minimum atomic E-state index is -0.0990. The summed E-state index contributed by atoms with van der Waals surface area (Å²) < 4.78 is 0. The summed E-state index contributed by atoms with van der Waals surface area (Å²) in [4.78, 5) is 7.83. The number of hydrogen-bond acceptors (Lipinski definition) is 4. The van der Waals surface area contributed by atoms with Crippen LogP contribution in [-0.2, 0) is 0 Å². The standard InChI is InChI=1S/C12H11Cl3N4/c1-6(8-3-2-7(13)4-9(8)14)18-11-10(16)5-17-12(15)19-11/h2-6H,16H2,1H3,(H,17,18,19)/t6-/m1/s1. The number of nitrogen functional groups attached to an aromatic ring is 1. The molecule has 0 bridgehead atoms. The van der Waals surface area contributed by atoms with Gasteiger partial charge in [0.15, 0.2) is 5.82 Å². The molecule has 19 heavy (non-hydrogen) atoms. The predicted octanol–water partition coefficient (Wildman–Crippen LogP) is 4.19. The molecule has 1 aromatic carbocycles. The van der Waals surface area contributed by atoms with Crippen LogP contribution < -0.4 is 11.1 Å². The number of halogens is 3. The Bertz CT molecular complexity index is 604. The van der Waals surface area contributed by atoms with Crippen LogP contribution in [-0.4, -0.2) is 9.97 Å². The Labute approximate surface area is 125 Å². The summed E-state index contributed by atoms with van der Waals surface area (Å²) in [6.07, 6.45) is 1.45. The molecule has 0 aliphatic carbocycles. The molecule has 0 aliphatic rings. The van der Waals surface area contributed by atoms with Gasteiger partial charge in [0.25, 0.3) is 0 Å². The molecule has 0 saturated carbocycles. The normalized spacial score (nSPS) is 12.2. The quantitative estimate of drug-likeness (QED) is 0.833. The van der Waals surface area contributed by atoms with E-state index in [1.165, 1.54) is 6.20 Å². The molecule has 1 atom stereocenters. The molecular formula is C12H11Cl3N4. The minimum Gasteiger partial charge on any atom is -0.394 e. The maximum Gasteiger partial charge on any atom is 0.224 e. The van der Waals surface area contributed by atoms with Gasteiger partial charge in [-0.3, -0.25) is 0 Å². The van der Waals surface area contributed by atoms with Crippen LogP contribution in [0.2, 0.25) is 15.3 Å². The molecule has 0 spiro atoms. The Morgan fingerprint density at radius 1 is 1.26 bits per heavy atom. The Morgan fingerprint density at radius 2 is 2.00 bits per heavy atom. The van der Waals surface area contributed by atoms with Crippen molar-refractivity contribution in [1.29, 1.82) is 0 Å². The smallest absolute Gasteiger partial charge is 0.224 e. The highest BCUT2D eigenvalue weighted by molar-refractivity contribution is 6.35. The fraction of sp³-hybridized carbons (Fsp3) is 0.167. The van der Waals surface area contributed by atoms with Crippen LogP contribution in [0.4, 0.5) is 11.5 Å². The third-order valence-corrected chi connectivity index (χ3v) is 3.31. The zero-order chi connectivity index (χ0) is 14.0. The van der Waals surface area contributed by atoms with E-state index in [1.54, 1.807) is 12.1 Å². The molecule has 1 aromatic heterocycles. The van der Waals surface area contributed by atoms with Crippen LogP contribution in [0.5, 0.6) is 0 Å². The third-order valence-electron chi connectivity index (χ3n) is 2.57. The summed E-state index contributed by atoms with van der Waals surface area (Å²) in [6.45, 7) is 1.94. The maximum atomic E-state index is 6.15. The SMILES string of the molecule is C[C@@H](Nc1nc(Cl)ncc1N)c1ccc(Cl)cc1Cl. The zero-order valence-corrected chi connectivity index (χ0v) is 12.3. The topological polar surface area (TPSA) is 63.8 Å². The zero-order valence-electron chi connectivity index (χ0n) is 9.99. The van der Waals surface area contributed by atoms with Crippen LogP contribution in [0.15, 0.2) is 24.4 Å². The summed E-state index contributed by atoms with van der Waals surface area (Å²) in [7, 11) is 0. The van der Waals surface area contributed by atoms with Crippen molar-refractivity contribution in [3.63, 3.8) is 0 Å². The number of rotatable bonds is 3. The van der Waals surface area contributed by atoms with E-state index in [0.29, 0.717) is 21.6 Å². The molecule has 0 fully saturated rings. The lowest BCUT2D eigenvalue weighted by Gasteiger charge is -2.17. The first-order chi connectivity index (χ1) is 8.97. The van der Waals surface area contributed by atoms with Crippen molar-refractivity contribution in [2.45, 2.75) is 13.0 Å². The molecule has 100 valence electrons. The van der Waals surface area contributed by atoms with Gasteiger partial charge in [0.1, 0.15) is 0 Å². The number of nitrogens with two attached hydrogens (primary N) is 1. The second-order valence-electron chi connectivity index (χ2n) is 3.97. The number of benzene rings is 1. The molecule has 2 aromatic rings. The molecule has 0 amide bonds. The van der Waals surface area contributed by atoms with Crippen molar-refractivity contribution in [3.05, 3.63) is 45.3 Å². The average molecular weight is 318 g/mol. The molecule has 0 saturated heterocycles. The van der Waals surface area contributed by atoms with Crippen LogP contribution >= 0.6 is 34.8 Å². The van der Waals surface area contributed by atoms with Crippen LogP contribution in [0.25, 0.3) is 0 Å². The Hall–Kier alpha value is -1.23. The second-order valence-corrected chi connectivity index (χ2v) is 5.16. The summed E-state index contributed by atoms with van der Waals surface area (Å²) in [6, 6.07) is 5.21. The summed E-state index contributed by atoms with van der Waals surface area (Å²) in [5.74, 6) is 0.471. The van der Waals surface area contributed by atoms with Crippen molar-refractivity contribution >= 4 is 46.3 Å². The maximum absolute atomic E-state index is 6.15. The predicted molar refractivity (Wildman–Crippen MR) is 80.0 cm³/mol. The Balaban J connectivity index is 2.25. The van der Waals surface area contributed by atoms with E-state index in [2.05, 4.69) is 15.3 Å². The van der Waals surface area contributed by atoms with Gasteiger partial charge >= 0.3 is 0 Å². The van der Waals surface area contributed by atoms with Gasteiger partial charge in [0.2, 0.25) is 5.28 Å². The molecule has 0 aliphatic heterocycles. The highest BCUT2D eigenvalue weighted by Gasteiger charge is 2.12. The van der Waals surface area contributed by atoms with Gasteiger partial charge in [0.05, 0.1) is 17.9 Å². The number of aromatic nitrogens is 2. The lowest BCUT2D eigenvalue weighted by Crippen LogP contribution is -2.11. The van der Waals surface area contributed by atoms with E-state index in [9.17, 15) is 0 Å². The van der Waals surface area contributed by atoms with Crippen molar-refractivity contribution in [2.75, 3.05) is 11.1 Å². The number of nitrogens with zero attached hydrogens (tertiary/aromatic N) is 2. The van der Waals surface area contributed by atoms with E-state index >= 15 is 0 Å². The number of anilines is 2. The molecule has 4 nitrogen and oxygen atoms in total. The first-order valence-electron chi connectivity index (χ1n) is 5.47. The van der Waals surface area contributed by atoms with Crippen LogP contribution in [0.3, 0.4) is 0 Å². The van der Waals surface area contributed by atoms with Gasteiger partial charge in [-0.25, -0.2) is 4.98 Å². The summed E-state index contributed by atoms with van der Waals surface area (Å²) in [5.41, 5.74) is 7.08. The third kappa shape index (κ3) is 3.41. The summed E-state index contributed by atoms with van der Waals surface area (Å²) >= 11 is 17.7. The van der Waals surface area contributed by atoms with Crippen LogP contribution in [0.1, 0.15) is 18.5 Å². The highest BCUT2D eigenvalue weighted by atomic mass is 35.5. The van der Waals surface area contributed by atoms with Crippen LogP contribution in [0, 0.1) is 0 Å². The second kappa shape index (κ2) is 5.82. The van der Waals surface area contributed by atoms with Gasteiger partial charge in [0, 0.05) is 10.0 Å². The van der Waals surface area contributed by atoms with Crippen molar-refractivity contribution in [1.82, 2.24) is 9.97 Å². The fourth-order valence-electron chi connectivity index (χ4n) is 1.62. The molecule has 2 rings (SSSR count). The molecule has 0 unspecified atom stereocenters. The van der Waals surface area contributed by atoms with Gasteiger partial charge in [-0.15, -0.1) is 0 Å². The lowest BCUT2D eigenvalue weighted by atomic mass is 10.1. The fourth-order valence-corrected chi connectivity index (χ4v) is 2.33. The lowest BCUT2D eigenvalue weighted by molar-refractivity contribution is 0.873. The van der Waals surface area contributed by atoms with Gasteiger partial charge in [-0.2, -0.15) is 4.98 Å². The van der Waals surface area contributed by atoms with E-state index in [4.69, 9.17) is 40.5 Å². The molecular weight excluding hydrogens is 307 g/mol.